The Labute approximate surface area is 149 Å². The lowest BCUT2D eigenvalue weighted by Gasteiger charge is -2.16. The first-order chi connectivity index (χ1) is 12.1. The van der Waals surface area contributed by atoms with Gasteiger partial charge in [0.15, 0.2) is 0 Å². The van der Waals surface area contributed by atoms with Gasteiger partial charge in [0.25, 0.3) is 0 Å². The van der Waals surface area contributed by atoms with E-state index in [-0.39, 0.29) is 24.2 Å². The molecular weight excluding hydrogens is 342 g/mol. The largest absolute Gasteiger partial charge is 0.355 e. The third kappa shape index (κ3) is 4.53. The van der Waals surface area contributed by atoms with E-state index in [0.717, 1.165) is 5.69 Å². The molecule has 2 amide bonds. The predicted octanol–water partition coefficient (Wildman–Crippen LogP) is -0.138. The third-order valence-electron chi connectivity index (χ3n) is 3.88. The number of amides is 2. The average molecular weight is 361 g/mol. The van der Waals surface area contributed by atoms with Crippen LogP contribution in [0.4, 0.5) is 0 Å². The molecule has 1 aliphatic heterocycles. The number of likely N-dealkylation sites (tertiary alicyclic amines) is 1. The van der Waals surface area contributed by atoms with Crippen LogP contribution >= 0.6 is 11.8 Å². The molecule has 0 spiro atoms. The molecule has 0 saturated carbocycles. The number of hydrogen-bond acceptors (Lipinski definition) is 7. The van der Waals surface area contributed by atoms with Crippen LogP contribution in [0.25, 0.3) is 0 Å². The number of thioether (sulfide) groups is 1. The standard InChI is InChI=1S/C15H19N7O2S/c1-21-15(18-19-20-21)25-7-6-17-14(24)11-8-13(23)22(9-11)10-12-4-2-3-5-16-12/h2-5,11H,6-10H2,1H3,(H,17,24). The monoisotopic (exact) mass is 361 g/mol. The summed E-state index contributed by atoms with van der Waals surface area (Å²) in [5.41, 5.74) is 0.825. The number of hydrogen-bond donors (Lipinski definition) is 1. The summed E-state index contributed by atoms with van der Waals surface area (Å²) in [4.78, 5) is 30.3. The lowest BCUT2D eigenvalue weighted by molar-refractivity contribution is -0.129. The molecule has 10 heteroatoms. The van der Waals surface area contributed by atoms with E-state index in [1.54, 1.807) is 22.8 Å². The summed E-state index contributed by atoms with van der Waals surface area (Å²) >= 11 is 1.47. The topological polar surface area (TPSA) is 106 Å². The van der Waals surface area contributed by atoms with Gasteiger partial charge in [-0.25, -0.2) is 4.68 Å². The van der Waals surface area contributed by atoms with Crippen molar-refractivity contribution >= 4 is 23.6 Å². The summed E-state index contributed by atoms with van der Waals surface area (Å²) in [7, 11) is 1.77. The van der Waals surface area contributed by atoms with Crippen molar-refractivity contribution in [2.24, 2.45) is 13.0 Å². The third-order valence-corrected chi connectivity index (χ3v) is 4.89. The van der Waals surface area contributed by atoms with Crippen LogP contribution in [0.3, 0.4) is 0 Å². The number of carbonyl (C=O) groups excluding carboxylic acids is 2. The van der Waals surface area contributed by atoms with E-state index in [2.05, 4.69) is 25.8 Å². The number of nitrogens with zero attached hydrogens (tertiary/aromatic N) is 6. The maximum absolute atomic E-state index is 12.3. The molecule has 0 aliphatic carbocycles. The van der Waals surface area contributed by atoms with Gasteiger partial charge in [0.05, 0.1) is 18.2 Å². The molecule has 3 rings (SSSR count). The molecule has 0 bridgehead atoms. The lowest BCUT2D eigenvalue weighted by atomic mass is 10.1. The van der Waals surface area contributed by atoms with Crippen molar-refractivity contribution in [3.8, 4) is 0 Å². The second kappa shape index (κ2) is 8.06. The van der Waals surface area contributed by atoms with Crippen LogP contribution in [0.15, 0.2) is 29.6 Å². The molecular formula is C15H19N7O2S. The SMILES string of the molecule is Cn1nnnc1SCCNC(=O)C1CC(=O)N(Cc2ccccn2)C1. The molecule has 0 aromatic carbocycles. The highest BCUT2D eigenvalue weighted by atomic mass is 32.2. The molecule has 1 fully saturated rings. The summed E-state index contributed by atoms with van der Waals surface area (Å²) in [6, 6.07) is 5.59. The molecule has 2 aromatic rings. The maximum atomic E-state index is 12.3. The van der Waals surface area contributed by atoms with Crippen LogP contribution in [0.2, 0.25) is 0 Å². The second-order valence-electron chi connectivity index (χ2n) is 5.72. The highest BCUT2D eigenvalue weighted by Crippen LogP contribution is 2.20. The van der Waals surface area contributed by atoms with Gasteiger partial charge < -0.3 is 10.2 Å². The normalized spacial score (nSPS) is 17.1. The Morgan fingerprint density at radius 1 is 1.44 bits per heavy atom. The predicted molar refractivity (Wildman–Crippen MR) is 90.3 cm³/mol. The molecule has 1 atom stereocenters. The van der Waals surface area contributed by atoms with Crippen LogP contribution in [-0.4, -0.2) is 60.7 Å². The first-order valence-electron chi connectivity index (χ1n) is 7.94. The number of carbonyl (C=O) groups is 2. The van der Waals surface area contributed by atoms with Crippen LogP contribution in [-0.2, 0) is 23.2 Å². The highest BCUT2D eigenvalue weighted by molar-refractivity contribution is 7.99. The van der Waals surface area contributed by atoms with Gasteiger partial charge in [0, 0.05) is 38.5 Å². The van der Waals surface area contributed by atoms with Gasteiger partial charge in [-0.1, -0.05) is 17.8 Å². The Kier molecular flexibility index (Phi) is 5.59. The average Bonchev–Trinajstić information content (AvgIpc) is 3.18. The highest BCUT2D eigenvalue weighted by Gasteiger charge is 2.34. The summed E-state index contributed by atoms with van der Waals surface area (Å²) in [6.45, 7) is 1.38. The van der Waals surface area contributed by atoms with Crippen molar-refractivity contribution in [3.63, 3.8) is 0 Å². The van der Waals surface area contributed by atoms with E-state index in [1.807, 2.05) is 18.2 Å². The number of aromatic nitrogens is 5. The van der Waals surface area contributed by atoms with Crippen molar-refractivity contribution < 1.29 is 9.59 Å². The van der Waals surface area contributed by atoms with E-state index < -0.39 is 0 Å². The zero-order valence-corrected chi connectivity index (χ0v) is 14.6. The minimum Gasteiger partial charge on any atom is -0.355 e. The minimum atomic E-state index is -0.308. The number of pyridine rings is 1. The zero-order valence-electron chi connectivity index (χ0n) is 13.8. The van der Waals surface area contributed by atoms with Gasteiger partial charge in [-0.2, -0.15) is 0 Å². The zero-order chi connectivity index (χ0) is 17.6. The van der Waals surface area contributed by atoms with Gasteiger partial charge >= 0.3 is 0 Å². The number of rotatable bonds is 7. The Morgan fingerprint density at radius 3 is 3.04 bits per heavy atom. The molecule has 3 heterocycles. The molecule has 1 saturated heterocycles. The van der Waals surface area contributed by atoms with Crippen molar-refractivity contribution in [3.05, 3.63) is 30.1 Å². The summed E-state index contributed by atoms with van der Waals surface area (Å²) < 4.78 is 1.58. The molecule has 2 aromatic heterocycles. The van der Waals surface area contributed by atoms with Gasteiger partial charge in [0.1, 0.15) is 0 Å². The summed E-state index contributed by atoms with van der Waals surface area (Å²) in [5, 5.41) is 14.7. The smallest absolute Gasteiger partial charge is 0.225 e. The molecule has 132 valence electrons. The molecule has 1 N–H and O–H groups in total. The van der Waals surface area contributed by atoms with E-state index in [9.17, 15) is 9.59 Å². The van der Waals surface area contributed by atoms with Crippen LogP contribution in [0.5, 0.6) is 0 Å². The molecule has 1 unspecified atom stereocenters. The minimum absolute atomic E-state index is 0.00895. The fourth-order valence-corrected chi connectivity index (χ4v) is 3.30. The van der Waals surface area contributed by atoms with Gasteiger partial charge in [0.2, 0.25) is 17.0 Å². The van der Waals surface area contributed by atoms with E-state index in [0.29, 0.717) is 30.5 Å². The Bertz CT molecular complexity index is 736. The van der Waals surface area contributed by atoms with E-state index in [4.69, 9.17) is 0 Å². The van der Waals surface area contributed by atoms with Crippen molar-refractivity contribution in [2.45, 2.75) is 18.1 Å². The van der Waals surface area contributed by atoms with Crippen LogP contribution in [0.1, 0.15) is 12.1 Å². The van der Waals surface area contributed by atoms with Gasteiger partial charge in [-0.05, 0) is 22.6 Å². The van der Waals surface area contributed by atoms with E-state index in [1.165, 1.54) is 11.8 Å². The van der Waals surface area contributed by atoms with Crippen molar-refractivity contribution in [1.29, 1.82) is 0 Å². The fourth-order valence-electron chi connectivity index (χ4n) is 2.59. The maximum Gasteiger partial charge on any atom is 0.225 e. The number of nitrogens with one attached hydrogen (secondary N) is 1. The second-order valence-corrected chi connectivity index (χ2v) is 6.78. The lowest BCUT2D eigenvalue weighted by Crippen LogP contribution is -2.34. The Balaban J connectivity index is 1.42. The number of tetrazole rings is 1. The van der Waals surface area contributed by atoms with Gasteiger partial charge in [-0.15, -0.1) is 5.10 Å². The van der Waals surface area contributed by atoms with Gasteiger partial charge in [-0.3, -0.25) is 14.6 Å². The van der Waals surface area contributed by atoms with Crippen LogP contribution < -0.4 is 5.32 Å². The fraction of sp³-hybridized carbons (Fsp3) is 0.467. The molecule has 1 aliphatic rings. The quantitative estimate of drug-likeness (QED) is 0.540. The summed E-state index contributed by atoms with van der Waals surface area (Å²) in [5.74, 6) is 0.259. The Hall–Kier alpha value is -2.49. The van der Waals surface area contributed by atoms with E-state index >= 15 is 0 Å². The Morgan fingerprint density at radius 2 is 2.32 bits per heavy atom. The summed E-state index contributed by atoms with van der Waals surface area (Å²) in [6.07, 6.45) is 1.95. The molecule has 9 nitrogen and oxygen atoms in total. The number of aryl methyl sites for hydroxylation is 1. The van der Waals surface area contributed by atoms with Crippen molar-refractivity contribution in [1.82, 2.24) is 35.4 Å². The molecule has 25 heavy (non-hydrogen) atoms. The van der Waals surface area contributed by atoms with Crippen molar-refractivity contribution in [2.75, 3.05) is 18.8 Å². The molecule has 0 radical (unpaired) electrons. The van der Waals surface area contributed by atoms with Crippen LogP contribution in [0, 0.1) is 5.92 Å². The first-order valence-corrected chi connectivity index (χ1v) is 8.92. The first kappa shape index (κ1) is 17.3.